The molecule has 0 bridgehead atoms. The van der Waals surface area contributed by atoms with Gasteiger partial charge in [-0.25, -0.2) is 12.8 Å². The number of carbonyl (C=O) groups excluding carboxylic acids is 2. The van der Waals surface area contributed by atoms with Crippen LogP contribution in [0.5, 0.6) is 0 Å². The Labute approximate surface area is 188 Å². The second-order valence-corrected chi connectivity index (χ2v) is 9.73. The standard InChI is InChI=1S/C23H28FN3O4S/c24-20-9-4-10-21(16-20)32(30,31)27-14-5-8-19(11-13-25-22(28)12-15-27)23(29)26-17-18-6-2-1-3-7-18/h1-4,6-7,9-10,16,19H,5,8,11-15,17H2,(H,25,28)(H,26,29). The number of halogens is 1. The van der Waals surface area contributed by atoms with Gasteiger partial charge in [0.05, 0.1) is 4.90 Å². The van der Waals surface area contributed by atoms with E-state index in [9.17, 15) is 22.4 Å². The van der Waals surface area contributed by atoms with Crippen LogP contribution in [0.3, 0.4) is 0 Å². The number of nitrogens with zero attached hydrogens (tertiary/aromatic N) is 1. The highest BCUT2D eigenvalue weighted by atomic mass is 32.2. The van der Waals surface area contributed by atoms with Gasteiger partial charge in [-0.1, -0.05) is 36.4 Å². The summed E-state index contributed by atoms with van der Waals surface area (Å²) in [5, 5.41) is 5.69. The van der Waals surface area contributed by atoms with Gasteiger partial charge >= 0.3 is 0 Å². The van der Waals surface area contributed by atoms with Gasteiger partial charge in [0.2, 0.25) is 21.8 Å². The minimum atomic E-state index is -3.96. The zero-order valence-corrected chi connectivity index (χ0v) is 18.6. The fraction of sp³-hybridized carbons (Fsp3) is 0.391. The molecule has 7 nitrogen and oxygen atoms in total. The fourth-order valence-corrected chi connectivity index (χ4v) is 5.19. The molecule has 172 valence electrons. The molecule has 1 fully saturated rings. The van der Waals surface area contributed by atoms with Crippen molar-refractivity contribution in [3.05, 3.63) is 66.0 Å². The van der Waals surface area contributed by atoms with E-state index in [2.05, 4.69) is 10.6 Å². The van der Waals surface area contributed by atoms with Crippen LogP contribution in [0, 0.1) is 11.7 Å². The Morgan fingerprint density at radius 3 is 2.62 bits per heavy atom. The van der Waals surface area contributed by atoms with Crippen molar-refractivity contribution in [2.24, 2.45) is 5.92 Å². The molecule has 1 saturated heterocycles. The Morgan fingerprint density at radius 1 is 1.09 bits per heavy atom. The molecule has 1 aliphatic heterocycles. The van der Waals surface area contributed by atoms with E-state index in [1.807, 2.05) is 30.3 Å². The Kier molecular flexibility index (Phi) is 8.35. The SMILES string of the molecule is O=C1CCN(S(=O)(=O)c2cccc(F)c2)CCCC(C(=O)NCc2ccccc2)CCN1. The molecular formula is C23H28FN3O4S. The summed E-state index contributed by atoms with van der Waals surface area (Å²) in [4.78, 5) is 24.8. The molecule has 0 aliphatic carbocycles. The van der Waals surface area contributed by atoms with Crippen LogP contribution in [-0.2, 0) is 26.2 Å². The third-order valence-corrected chi connectivity index (χ3v) is 7.37. The number of nitrogens with one attached hydrogen (secondary N) is 2. The van der Waals surface area contributed by atoms with Crippen LogP contribution < -0.4 is 10.6 Å². The van der Waals surface area contributed by atoms with Crippen molar-refractivity contribution in [2.75, 3.05) is 19.6 Å². The molecule has 2 N–H and O–H groups in total. The maximum Gasteiger partial charge on any atom is 0.243 e. The quantitative estimate of drug-likeness (QED) is 0.715. The lowest BCUT2D eigenvalue weighted by molar-refractivity contribution is -0.126. The summed E-state index contributed by atoms with van der Waals surface area (Å²) in [6.45, 7) is 0.894. The van der Waals surface area contributed by atoms with Crippen LogP contribution in [-0.4, -0.2) is 44.2 Å². The lowest BCUT2D eigenvalue weighted by Crippen LogP contribution is -2.35. The Morgan fingerprint density at radius 2 is 1.88 bits per heavy atom. The second kappa shape index (κ2) is 11.2. The van der Waals surface area contributed by atoms with Gasteiger partial charge in [0.25, 0.3) is 0 Å². The molecule has 1 aliphatic rings. The van der Waals surface area contributed by atoms with Crippen LogP contribution in [0.4, 0.5) is 4.39 Å². The van der Waals surface area contributed by atoms with Gasteiger partial charge in [-0.2, -0.15) is 4.31 Å². The molecule has 0 spiro atoms. The van der Waals surface area contributed by atoms with Crippen molar-refractivity contribution in [1.29, 1.82) is 0 Å². The summed E-state index contributed by atoms with van der Waals surface area (Å²) in [7, 11) is -3.96. The van der Waals surface area contributed by atoms with E-state index in [1.54, 1.807) is 0 Å². The van der Waals surface area contributed by atoms with Gasteiger partial charge in [-0.15, -0.1) is 0 Å². The van der Waals surface area contributed by atoms with Gasteiger partial charge in [0, 0.05) is 38.5 Å². The van der Waals surface area contributed by atoms with Crippen molar-refractivity contribution in [2.45, 2.75) is 37.1 Å². The van der Waals surface area contributed by atoms with Gasteiger partial charge in [0.15, 0.2) is 0 Å². The van der Waals surface area contributed by atoms with E-state index in [4.69, 9.17) is 0 Å². The zero-order chi connectivity index (χ0) is 23.0. The maximum atomic E-state index is 13.6. The van der Waals surface area contributed by atoms with Gasteiger partial charge in [0.1, 0.15) is 5.82 Å². The Bertz CT molecular complexity index is 1030. The lowest BCUT2D eigenvalue weighted by atomic mass is 9.98. The van der Waals surface area contributed by atoms with Gasteiger partial charge in [-0.05, 0) is 43.0 Å². The van der Waals surface area contributed by atoms with Crippen molar-refractivity contribution in [1.82, 2.24) is 14.9 Å². The molecule has 32 heavy (non-hydrogen) atoms. The molecule has 2 aromatic rings. The predicted molar refractivity (Wildman–Crippen MR) is 118 cm³/mol. The van der Waals surface area contributed by atoms with Crippen molar-refractivity contribution >= 4 is 21.8 Å². The molecule has 9 heteroatoms. The first-order chi connectivity index (χ1) is 15.4. The molecule has 0 saturated carbocycles. The first kappa shape index (κ1) is 23.9. The van der Waals surface area contributed by atoms with Gasteiger partial charge < -0.3 is 10.6 Å². The van der Waals surface area contributed by atoms with E-state index < -0.39 is 15.8 Å². The number of amides is 2. The average Bonchev–Trinajstić information content (AvgIpc) is 2.83. The molecule has 2 amide bonds. The molecule has 1 atom stereocenters. The van der Waals surface area contributed by atoms with Crippen LogP contribution in [0.2, 0.25) is 0 Å². The van der Waals surface area contributed by atoms with Crippen LogP contribution >= 0.6 is 0 Å². The molecule has 1 heterocycles. The van der Waals surface area contributed by atoms with E-state index in [0.717, 1.165) is 11.6 Å². The summed E-state index contributed by atoms with van der Waals surface area (Å²) in [5.74, 6) is -1.40. The number of benzene rings is 2. The molecule has 2 aromatic carbocycles. The van der Waals surface area contributed by atoms with Crippen LogP contribution in [0.15, 0.2) is 59.5 Å². The smallest absolute Gasteiger partial charge is 0.243 e. The average molecular weight is 462 g/mol. The van der Waals surface area contributed by atoms with Crippen LogP contribution in [0.25, 0.3) is 0 Å². The zero-order valence-electron chi connectivity index (χ0n) is 17.8. The number of sulfonamides is 1. The van der Waals surface area contributed by atoms with Crippen molar-refractivity contribution in [3.8, 4) is 0 Å². The topological polar surface area (TPSA) is 95.6 Å². The van der Waals surface area contributed by atoms with E-state index in [1.165, 1.54) is 22.5 Å². The molecular weight excluding hydrogens is 433 g/mol. The minimum Gasteiger partial charge on any atom is -0.356 e. The predicted octanol–water partition coefficient (Wildman–Crippen LogP) is 2.44. The van der Waals surface area contributed by atoms with Crippen molar-refractivity contribution in [3.63, 3.8) is 0 Å². The summed E-state index contributed by atoms with van der Waals surface area (Å²) < 4.78 is 40.8. The molecule has 1 unspecified atom stereocenters. The normalized spacial score (nSPS) is 18.9. The van der Waals surface area contributed by atoms with Crippen LogP contribution in [0.1, 0.15) is 31.2 Å². The highest BCUT2D eigenvalue weighted by Gasteiger charge is 2.27. The largest absolute Gasteiger partial charge is 0.356 e. The molecule has 0 aromatic heterocycles. The fourth-order valence-electron chi connectivity index (χ4n) is 3.68. The van der Waals surface area contributed by atoms with E-state index in [-0.39, 0.29) is 42.1 Å². The maximum absolute atomic E-state index is 13.6. The number of hydrogen-bond acceptors (Lipinski definition) is 4. The van der Waals surface area contributed by atoms with Gasteiger partial charge in [-0.3, -0.25) is 9.59 Å². The second-order valence-electron chi connectivity index (χ2n) is 7.79. The highest BCUT2D eigenvalue weighted by Crippen LogP contribution is 2.20. The highest BCUT2D eigenvalue weighted by molar-refractivity contribution is 7.89. The molecule has 3 rings (SSSR count). The third kappa shape index (κ3) is 6.61. The Balaban J connectivity index is 1.68. The number of hydrogen-bond donors (Lipinski definition) is 2. The van der Waals surface area contributed by atoms with Crippen molar-refractivity contribution < 1.29 is 22.4 Å². The summed E-state index contributed by atoms with van der Waals surface area (Å²) in [6, 6.07) is 14.4. The summed E-state index contributed by atoms with van der Waals surface area (Å²) in [5.41, 5.74) is 0.984. The number of carbonyl (C=O) groups is 2. The first-order valence-corrected chi connectivity index (χ1v) is 12.1. The third-order valence-electron chi connectivity index (χ3n) is 5.48. The van der Waals surface area contributed by atoms with E-state index >= 15 is 0 Å². The first-order valence-electron chi connectivity index (χ1n) is 10.7. The Hall–Kier alpha value is -2.78. The molecule has 0 radical (unpaired) electrons. The monoisotopic (exact) mass is 461 g/mol. The van der Waals surface area contributed by atoms with E-state index in [0.29, 0.717) is 32.4 Å². The number of rotatable bonds is 5. The lowest BCUT2D eigenvalue weighted by Gasteiger charge is -2.22. The minimum absolute atomic E-state index is 0.000579. The summed E-state index contributed by atoms with van der Waals surface area (Å²) >= 11 is 0. The summed E-state index contributed by atoms with van der Waals surface area (Å²) in [6.07, 6.45) is 1.40.